The molecule has 0 atom stereocenters. The van der Waals surface area contributed by atoms with E-state index in [0.29, 0.717) is 6.42 Å². The molecular weight excluding hydrogens is 212 g/mol. The molecule has 2 aliphatic rings. The molecule has 0 radical (unpaired) electrons. The number of nitrogens with one attached hydrogen (secondary N) is 2. The summed E-state index contributed by atoms with van der Waals surface area (Å²) >= 11 is 0. The minimum atomic E-state index is -0.960. The summed E-state index contributed by atoms with van der Waals surface area (Å²) in [5, 5.41) is 4.14. The van der Waals surface area contributed by atoms with E-state index in [2.05, 4.69) is 10.6 Å². The van der Waals surface area contributed by atoms with Crippen molar-refractivity contribution in [2.24, 2.45) is 17.3 Å². The highest BCUT2D eigenvalue weighted by Crippen LogP contribution is 2.44. The second kappa shape index (κ2) is 3.13. The zero-order valence-electron chi connectivity index (χ0n) is 8.99. The number of rotatable bonds is 1. The van der Waals surface area contributed by atoms with Crippen LogP contribution in [0.15, 0.2) is 0 Å². The predicted octanol–water partition coefficient (Wildman–Crippen LogP) is -1.05. The number of amides is 4. The first-order valence-electron chi connectivity index (χ1n) is 5.11. The number of carbonyl (C=O) groups excluding carboxylic acids is 4. The van der Waals surface area contributed by atoms with Crippen molar-refractivity contribution in [2.45, 2.75) is 20.3 Å². The summed E-state index contributed by atoms with van der Waals surface area (Å²) in [5.41, 5.74) is -0.904. The lowest BCUT2D eigenvalue weighted by Crippen LogP contribution is -2.69. The molecule has 2 fully saturated rings. The van der Waals surface area contributed by atoms with E-state index in [0.717, 1.165) is 0 Å². The molecule has 2 heterocycles. The third-order valence-electron chi connectivity index (χ3n) is 3.62. The molecule has 6 nitrogen and oxygen atoms in total. The lowest BCUT2D eigenvalue weighted by Gasteiger charge is -2.46. The fraction of sp³-hybridized carbons (Fsp3) is 0.600. The summed E-state index contributed by atoms with van der Waals surface area (Å²) in [6.07, 6.45) is 0.417. The average molecular weight is 224 g/mol. The molecule has 2 aliphatic heterocycles. The van der Waals surface area contributed by atoms with Crippen LogP contribution < -0.4 is 10.6 Å². The Balaban J connectivity index is 2.56. The topological polar surface area (TPSA) is 92.3 Å². The van der Waals surface area contributed by atoms with Crippen molar-refractivity contribution in [3.8, 4) is 0 Å². The van der Waals surface area contributed by atoms with Crippen LogP contribution in [0.25, 0.3) is 0 Å². The van der Waals surface area contributed by atoms with E-state index in [1.165, 1.54) is 0 Å². The van der Waals surface area contributed by atoms with Crippen molar-refractivity contribution in [2.75, 3.05) is 0 Å². The van der Waals surface area contributed by atoms with Gasteiger partial charge in [0.1, 0.15) is 11.8 Å². The van der Waals surface area contributed by atoms with Crippen LogP contribution in [-0.2, 0) is 19.2 Å². The SMILES string of the molecule is CCC1(C)C2C(=O)NC(=O)C1C(=O)NC2=O. The summed E-state index contributed by atoms with van der Waals surface area (Å²) in [6, 6.07) is 0. The monoisotopic (exact) mass is 224 g/mol. The van der Waals surface area contributed by atoms with Gasteiger partial charge in [-0.1, -0.05) is 13.8 Å². The first kappa shape index (κ1) is 10.8. The third-order valence-corrected chi connectivity index (χ3v) is 3.62. The molecule has 0 unspecified atom stereocenters. The summed E-state index contributed by atoms with van der Waals surface area (Å²) < 4.78 is 0. The minimum absolute atomic E-state index is 0.417. The van der Waals surface area contributed by atoms with Gasteiger partial charge in [-0.15, -0.1) is 0 Å². The maximum absolute atomic E-state index is 11.6. The van der Waals surface area contributed by atoms with Crippen LogP contribution in [-0.4, -0.2) is 23.6 Å². The van der Waals surface area contributed by atoms with Gasteiger partial charge in [-0.3, -0.25) is 29.8 Å². The highest BCUT2D eigenvalue weighted by Gasteiger charge is 2.60. The Bertz CT molecular complexity index is 353. The number of fused-ring (bicyclic) bond motifs is 2. The molecule has 2 N–H and O–H groups in total. The van der Waals surface area contributed by atoms with Gasteiger partial charge in [0.05, 0.1) is 0 Å². The summed E-state index contributed by atoms with van der Waals surface area (Å²) in [4.78, 5) is 46.4. The van der Waals surface area contributed by atoms with Crippen molar-refractivity contribution in [3.63, 3.8) is 0 Å². The van der Waals surface area contributed by atoms with Gasteiger partial charge in [0.25, 0.3) is 0 Å². The van der Waals surface area contributed by atoms with Gasteiger partial charge in [-0.2, -0.15) is 0 Å². The van der Waals surface area contributed by atoms with E-state index in [4.69, 9.17) is 0 Å². The Morgan fingerprint density at radius 3 is 1.50 bits per heavy atom. The molecule has 0 aromatic carbocycles. The van der Waals surface area contributed by atoms with Crippen LogP contribution >= 0.6 is 0 Å². The van der Waals surface area contributed by atoms with Crippen LogP contribution in [0.5, 0.6) is 0 Å². The van der Waals surface area contributed by atoms with E-state index in [1.807, 2.05) is 0 Å². The summed E-state index contributed by atoms with van der Waals surface area (Å²) in [6.45, 7) is 3.40. The first-order valence-corrected chi connectivity index (χ1v) is 5.11. The molecule has 2 saturated heterocycles. The van der Waals surface area contributed by atoms with E-state index in [1.54, 1.807) is 13.8 Å². The smallest absolute Gasteiger partial charge is 0.239 e. The van der Waals surface area contributed by atoms with Crippen LogP contribution in [0.4, 0.5) is 0 Å². The van der Waals surface area contributed by atoms with Gasteiger partial charge in [-0.05, 0) is 6.42 Å². The second-order valence-electron chi connectivity index (χ2n) is 4.43. The van der Waals surface area contributed by atoms with Crippen molar-refractivity contribution < 1.29 is 19.2 Å². The normalized spacial score (nSPS) is 38.1. The number of carbonyl (C=O) groups is 4. The molecule has 0 aromatic heterocycles. The summed E-state index contributed by atoms with van der Waals surface area (Å²) in [5.74, 6) is -4.38. The molecule has 6 heteroatoms. The highest BCUT2D eigenvalue weighted by atomic mass is 16.2. The van der Waals surface area contributed by atoms with Gasteiger partial charge in [0.15, 0.2) is 0 Å². The Labute approximate surface area is 91.8 Å². The van der Waals surface area contributed by atoms with Crippen LogP contribution in [0.3, 0.4) is 0 Å². The quantitative estimate of drug-likeness (QED) is 0.439. The number of piperidine rings is 2. The molecule has 0 spiro atoms. The largest absolute Gasteiger partial charge is 0.295 e. The highest BCUT2D eigenvalue weighted by molar-refractivity contribution is 6.22. The lowest BCUT2D eigenvalue weighted by molar-refractivity contribution is -0.165. The second-order valence-corrected chi connectivity index (χ2v) is 4.43. The lowest BCUT2D eigenvalue weighted by atomic mass is 9.60. The Morgan fingerprint density at radius 2 is 1.25 bits per heavy atom. The third kappa shape index (κ3) is 1.12. The fourth-order valence-electron chi connectivity index (χ4n) is 2.54. The van der Waals surface area contributed by atoms with E-state index in [-0.39, 0.29) is 0 Å². The van der Waals surface area contributed by atoms with E-state index >= 15 is 0 Å². The molecule has 2 bridgehead atoms. The molecule has 2 rings (SSSR count). The minimum Gasteiger partial charge on any atom is -0.295 e. The van der Waals surface area contributed by atoms with Gasteiger partial charge >= 0.3 is 0 Å². The van der Waals surface area contributed by atoms with Gasteiger partial charge in [-0.25, -0.2) is 0 Å². The Morgan fingerprint density at radius 1 is 0.938 bits per heavy atom. The number of hydrogen-bond donors (Lipinski definition) is 2. The van der Waals surface area contributed by atoms with Crippen LogP contribution in [0.2, 0.25) is 0 Å². The fourth-order valence-corrected chi connectivity index (χ4v) is 2.54. The molecule has 0 aromatic rings. The molecule has 0 aliphatic carbocycles. The zero-order chi connectivity index (χ0) is 12.1. The van der Waals surface area contributed by atoms with Crippen LogP contribution in [0, 0.1) is 17.3 Å². The zero-order valence-corrected chi connectivity index (χ0v) is 8.99. The van der Waals surface area contributed by atoms with Gasteiger partial charge in [0, 0.05) is 5.41 Å². The van der Waals surface area contributed by atoms with Crippen LogP contribution in [0.1, 0.15) is 20.3 Å². The van der Waals surface area contributed by atoms with Gasteiger partial charge in [0.2, 0.25) is 23.6 Å². The maximum Gasteiger partial charge on any atom is 0.239 e. The van der Waals surface area contributed by atoms with Gasteiger partial charge < -0.3 is 0 Å². The molecular formula is C10H12N2O4. The standard InChI is InChI=1S/C10H12N2O4/c1-3-10(2)4-6(13)11-8(15)5(10)9(16)12-7(4)14/h4-5H,3H2,1-2H3,(H,11,13,15)(H,12,14,16). The molecule has 0 saturated carbocycles. The predicted molar refractivity (Wildman–Crippen MR) is 51.7 cm³/mol. The van der Waals surface area contributed by atoms with Crippen molar-refractivity contribution in [1.82, 2.24) is 10.6 Å². The average Bonchev–Trinajstić information content (AvgIpc) is 2.14. The van der Waals surface area contributed by atoms with Crippen molar-refractivity contribution in [3.05, 3.63) is 0 Å². The van der Waals surface area contributed by atoms with Crippen molar-refractivity contribution >= 4 is 23.6 Å². The first-order chi connectivity index (χ1) is 7.41. The maximum atomic E-state index is 11.6. The molecule has 4 amide bonds. The number of imide groups is 2. The van der Waals surface area contributed by atoms with Crippen molar-refractivity contribution in [1.29, 1.82) is 0 Å². The number of hydrogen-bond acceptors (Lipinski definition) is 4. The Kier molecular flexibility index (Phi) is 2.11. The van der Waals surface area contributed by atoms with E-state index in [9.17, 15) is 19.2 Å². The molecule has 86 valence electrons. The Hall–Kier alpha value is -1.72. The van der Waals surface area contributed by atoms with E-state index < -0.39 is 40.9 Å². The molecule has 16 heavy (non-hydrogen) atoms. The summed E-state index contributed by atoms with van der Waals surface area (Å²) in [7, 11) is 0.